The van der Waals surface area contributed by atoms with Crippen LogP contribution in [0, 0.1) is 22.7 Å². The molecule has 0 radical (unpaired) electrons. The number of nitrogens with two attached hydrogens (primary N) is 1. The monoisotopic (exact) mass is 380 g/mol. The predicted octanol–water partition coefficient (Wildman–Crippen LogP) is 4.34. The Kier molecular flexibility index (Phi) is 4.54. The van der Waals surface area contributed by atoms with E-state index in [4.69, 9.17) is 5.73 Å². The van der Waals surface area contributed by atoms with Gasteiger partial charge in [0.25, 0.3) is 0 Å². The molecule has 0 amide bonds. The second kappa shape index (κ2) is 7.18. The summed E-state index contributed by atoms with van der Waals surface area (Å²) in [5.74, 6) is -0.0162. The van der Waals surface area contributed by atoms with Gasteiger partial charge in [-0.05, 0) is 37.1 Å². The smallest absolute Gasteiger partial charge is 0.153 e. The molecule has 2 aromatic carbocycles. The quantitative estimate of drug-likeness (QED) is 0.703. The lowest BCUT2D eigenvalue weighted by molar-refractivity contribution is 0.400. The van der Waals surface area contributed by atoms with Crippen molar-refractivity contribution in [3.63, 3.8) is 0 Å². The number of rotatable bonds is 3. The highest BCUT2D eigenvalue weighted by atomic mass is 15.2. The molecule has 6 nitrogen and oxygen atoms in total. The summed E-state index contributed by atoms with van der Waals surface area (Å²) in [5.41, 5.74) is 11.6. The first kappa shape index (κ1) is 18.3. The van der Waals surface area contributed by atoms with E-state index in [2.05, 4.69) is 22.3 Å². The van der Waals surface area contributed by atoms with Crippen LogP contribution in [0.25, 0.3) is 10.9 Å². The molecule has 6 heteroatoms. The minimum absolute atomic E-state index is 0.404. The zero-order valence-corrected chi connectivity index (χ0v) is 16.3. The number of hydrogen-bond donors (Lipinski definition) is 2. The molecule has 0 saturated carbocycles. The van der Waals surface area contributed by atoms with Gasteiger partial charge in [0.1, 0.15) is 0 Å². The number of allylic oxidation sites excluding steroid dienone is 4. The molecule has 0 unspecified atom stereocenters. The Morgan fingerprint density at radius 2 is 1.69 bits per heavy atom. The van der Waals surface area contributed by atoms with E-state index in [-0.39, 0.29) is 0 Å². The Bertz CT molecular complexity index is 1200. The van der Waals surface area contributed by atoms with Crippen molar-refractivity contribution < 1.29 is 0 Å². The van der Waals surface area contributed by atoms with E-state index in [0.29, 0.717) is 23.5 Å². The highest BCUT2D eigenvalue weighted by molar-refractivity contribution is 5.89. The third-order valence-corrected chi connectivity index (χ3v) is 5.54. The second-order valence-electron chi connectivity index (χ2n) is 7.14. The first-order chi connectivity index (χ1) is 14.0. The van der Waals surface area contributed by atoms with Crippen LogP contribution in [0.1, 0.15) is 30.9 Å². The maximum atomic E-state index is 9.99. The lowest BCUT2D eigenvalue weighted by Gasteiger charge is -2.35. The van der Waals surface area contributed by atoms with Crippen molar-refractivity contribution >= 4 is 16.7 Å². The number of nitrogens with one attached hydrogen (secondary N) is 1. The van der Waals surface area contributed by atoms with E-state index in [0.717, 1.165) is 33.4 Å². The van der Waals surface area contributed by atoms with Gasteiger partial charge in [-0.1, -0.05) is 36.4 Å². The van der Waals surface area contributed by atoms with Crippen molar-refractivity contribution in [2.45, 2.75) is 26.3 Å². The Balaban J connectivity index is 1.85. The minimum atomic E-state index is -0.421. The summed E-state index contributed by atoms with van der Waals surface area (Å²) < 4.78 is 0. The normalized spacial score (nSPS) is 15.0. The predicted molar refractivity (Wildman–Crippen MR) is 112 cm³/mol. The van der Waals surface area contributed by atoms with Gasteiger partial charge in [0.15, 0.2) is 5.82 Å². The van der Waals surface area contributed by atoms with Gasteiger partial charge in [-0.2, -0.15) is 15.6 Å². The standard InChI is InChI=1S/C23H20N6/c1-14-19(11-24)22(17-8-9-21-18(10-17)23(26)28-27-21)20(12-25)15(2)29(14)13-16-6-4-3-5-7-16/h3-10,22H,13H2,1-2H3,(H3,26,27,28). The van der Waals surface area contributed by atoms with Crippen LogP contribution in [0.5, 0.6) is 0 Å². The summed E-state index contributed by atoms with van der Waals surface area (Å²) in [5, 5.41) is 27.7. The largest absolute Gasteiger partial charge is 0.382 e. The summed E-state index contributed by atoms with van der Waals surface area (Å²) in [7, 11) is 0. The van der Waals surface area contributed by atoms with Crippen LogP contribution >= 0.6 is 0 Å². The van der Waals surface area contributed by atoms with Crippen molar-refractivity contribution in [2.75, 3.05) is 5.73 Å². The van der Waals surface area contributed by atoms with E-state index in [1.165, 1.54) is 0 Å². The first-order valence-electron chi connectivity index (χ1n) is 9.31. The van der Waals surface area contributed by atoms with E-state index < -0.39 is 5.92 Å². The number of nitrogen functional groups attached to an aromatic ring is 1. The summed E-state index contributed by atoms with van der Waals surface area (Å²) in [6, 6.07) is 20.5. The highest BCUT2D eigenvalue weighted by Crippen LogP contribution is 2.42. The molecule has 3 N–H and O–H groups in total. The fourth-order valence-electron chi connectivity index (χ4n) is 3.96. The van der Waals surface area contributed by atoms with Gasteiger partial charge in [0.2, 0.25) is 0 Å². The molecule has 1 aliphatic rings. The maximum Gasteiger partial charge on any atom is 0.153 e. The molecule has 29 heavy (non-hydrogen) atoms. The Labute approximate surface area is 169 Å². The zero-order valence-electron chi connectivity index (χ0n) is 16.3. The van der Waals surface area contributed by atoms with Crippen molar-refractivity contribution in [1.29, 1.82) is 10.5 Å². The molecule has 0 aliphatic carbocycles. The Morgan fingerprint density at radius 3 is 2.31 bits per heavy atom. The number of nitrogens with zero attached hydrogens (tertiary/aromatic N) is 4. The maximum absolute atomic E-state index is 9.99. The van der Waals surface area contributed by atoms with Gasteiger partial charge in [0, 0.05) is 23.3 Å². The topological polar surface area (TPSA) is 106 Å². The minimum Gasteiger partial charge on any atom is -0.382 e. The van der Waals surface area contributed by atoms with E-state index in [1.807, 2.05) is 67.3 Å². The van der Waals surface area contributed by atoms with Gasteiger partial charge in [-0.15, -0.1) is 0 Å². The molecule has 142 valence electrons. The van der Waals surface area contributed by atoms with Crippen LogP contribution in [-0.4, -0.2) is 15.1 Å². The molecular formula is C23H20N6. The van der Waals surface area contributed by atoms with Crippen LogP contribution in [0.4, 0.5) is 5.82 Å². The molecule has 4 rings (SSSR count). The van der Waals surface area contributed by atoms with Crippen LogP contribution in [-0.2, 0) is 6.54 Å². The van der Waals surface area contributed by atoms with Crippen LogP contribution in [0.15, 0.2) is 71.1 Å². The molecular weight excluding hydrogens is 360 g/mol. The van der Waals surface area contributed by atoms with Crippen molar-refractivity contribution in [3.05, 3.63) is 82.2 Å². The molecule has 2 heterocycles. The average molecular weight is 380 g/mol. The van der Waals surface area contributed by atoms with Gasteiger partial charge < -0.3 is 10.6 Å². The summed E-state index contributed by atoms with van der Waals surface area (Å²) in [4.78, 5) is 2.05. The second-order valence-corrected chi connectivity index (χ2v) is 7.14. The summed E-state index contributed by atoms with van der Waals surface area (Å²) in [6.07, 6.45) is 0. The van der Waals surface area contributed by atoms with Crippen molar-refractivity contribution in [2.24, 2.45) is 0 Å². The fourth-order valence-corrected chi connectivity index (χ4v) is 3.96. The van der Waals surface area contributed by atoms with Crippen LogP contribution in [0.3, 0.4) is 0 Å². The number of anilines is 1. The molecule has 0 atom stereocenters. The molecule has 3 aromatic rings. The van der Waals surface area contributed by atoms with Gasteiger partial charge in [-0.3, -0.25) is 5.10 Å². The molecule has 0 saturated heterocycles. The molecule has 0 spiro atoms. The third kappa shape index (κ3) is 3.01. The van der Waals surface area contributed by atoms with E-state index >= 15 is 0 Å². The lowest BCUT2D eigenvalue weighted by atomic mass is 9.80. The first-order valence-corrected chi connectivity index (χ1v) is 9.31. The summed E-state index contributed by atoms with van der Waals surface area (Å²) in [6.45, 7) is 4.49. The highest BCUT2D eigenvalue weighted by Gasteiger charge is 2.33. The number of aromatic amines is 1. The molecule has 1 aromatic heterocycles. The number of H-pyrrole nitrogens is 1. The molecule has 0 bridgehead atoms. The number of hydrogen-bond acceptors (Lipinski definition) is 5. The number of fused-ring (bicyclic) bond motifs is 1. The summed E-state index contributed by atoms with van der Waals surface area (Å²) >= 11 is 0. The third-order valence-electron chi connectivity index (χ3n) is 5.54. The van der Waals surface area contributed by atoms with E-state index in [9.17, 15) is 10.5 Å². The Morgan fingerprint density at radius 1 is 1.03 bits per heavy atom. The SMILES string of the molecule is CC1=C(C#N)C(c2ccc3[nH]nc(N)c3c2)C(C#N)=C(C)N1Cc1ccccc1. The fraction of sp³-hybridized carbons (Fsp3) is 0.174. The van der Waals surface area contributed by atoms with Gasteiger partial charge in [0.05, 0.1) is 34.7 Å². The lowest BCUT2D eigenvalue weighted by Crippen LogP contribution is -2.28. The number of benzene rings is 2. The zero-order chi connectivity index (χ0) is 20.5. The number of aromatic nitrogens is 2. The van der Waals surface area contributed by atoms with Crippen molar-refractivity contribution in [1.82, 2.24) is 15.1 Å². The average Bonchev–Trinajstić information content (AvgIpc) is 3.12. The van der Waals surface area contributed by atoms with Gasteiger partial charge in [-0.25, -0.2) is 0 Å². The molecule has 1 aliphatic heterocycles. The number of nitriles is 2. The Hall–Kier alpha value is -4.03. The van der Waals surface area contributed by atoms with Crippen LogP contribution < -0.4 is 5.73 Å². The van der Waals surface area contributed by atoms with Gasteiger partial charge >= 0.3 is 0 Å². The van der Waals surface area contributed by atoms with Crippen molar-refractivity contribution in [3.8, 4) is 12.1 Å². The van der Waals surface area contributed by atoms with E-state index in [1.54, 1.807) is 0 Å². The van der Waals surface area contributed by atoms with Crippen LogP contribution in [0.2, 0.25) is 0 Å². The molecule has 0 fully saturated rings.